The number of Topliss-reactive ketones (excluding diaryl/α,β-unsaturated/α-hetero) is 1. The highest BCUT2D eigenvalue weighted by molar-refractivity contribution is 5.78. The van der Waals surface area contributed by atoms with Crippen LogP contribution in [0.3, 0.4) is 0 Å². The zero-order chi connectivity index (χ0) is 12.7. The summed E-state index contributed by atoms with van der Waals surface area (Å²) in [5.41, 5.74) is 0. The molecule has 0 aliphatic carbocycles. The third-order valence-electron chi connectivity index (χ3n) is 1.28. The van der Waals surface area contributed by atoms with E-state index in [-0.39, 0.29) is 13.1 Å². The summed E-state index contributed by atoms with van der Waals surface area (Å²) in [4.78, 5) is 21.2. The van der Waals surface area contributed by atoms with E-state index < -0.39 is 0 Å². The van der Waals surface area contributed by atoms with Gasteiger partial charge in [-0.1, -0.05) is 34.6 Å². The van der Waals surface area contributed by atoms with Crippen LogP contribution < -0.4 is 5.32 Å². The molecule has 0 aromatic heterocycles. The van der Waals surface area contributed by atoms with Gasteiger partial charge < -0.3 is 5.32 Å². The summed E-state index contributed by atoms with van der Waals surface area (Å²) >= 11 is 0. The largest absolute Gasteiger partial charge is 0.356 e. The van der Waals surface area contributed by atoms with Crippen LogP contribution in [-0.4, -0.2) is 18.2 Å². The molecule has 0 atom stereocenters. The molecule has 0 aliphatic heterocycles. The van der Waals surface area contributed by atoms with Gasteiger partial charge in [-0.15, -0.1) is 0 Å². The quantitative estimate of drug-likeness (QED) is 0.772. The number of nitrogens with one attached hydrogen (secondary N) is 1. The molecule has 1 amide bonds. The van der Waals surface area contributed by atoms with Crippen LogP contribution in [0.4, 0.5) is 0 Å². The first-order valence-electron chi connectivity index (χ1n) is 5.93. The molecular weight excluding hydrogens is 190 g/mol. The summed E-state index contributed by atoms with van der Waals surface area (Å²) in [6.07, 6.45) is 1.85. The van der Waals surface area contributed by atoms with Crippen molar-refractivity contribution in [2.24, 2.45) is 0 Å². The maximum absolute atomic E-state index is 10.8. The summed E-state index contributed by atoms with van der Waals surface area (Å²) in [6.45, 7) is 11.9. The Kier molecular flexibility index (Phi) is 24.7. The lowest BCUT2D eigenvalue weighted by Gasteiger charge is -2.00. The molecule has 0 aliphatic rings. The molecule has 15 heavy (non-hydrogen) atoms. The molecule has 1 N–H and O–H groups in total. The molecule has 0 radical (unpaired) electrons. The van der Waals surface area contributed by atoms with Crippen molar-refractivity contribution in [2.45, 2.75) is 60.8 Å². The lowest BCUT2D eigenvalue weighted by molar-refractivity contribution is -0.121. The highest BCUT2D eigenvalue weighted by Gasteiger charge is 1.98. The first kappa shape index (κ1) is 19.7. The molecule has 3 nitrogen and oxygen atoms in total. The van der Waals surface area contributed by atoms with E-state index in [1.54, 1.807) is 0 Å². The molecule has 0 spiro atoms. The van der Waals surface area contributed by atoms with Crippen molar-refractivity contribution in [1.29, 1.82) is 0 Å². The van der Waals surface area contributed by atoms with Crippen molar-refractivity contribution in [2.75, 3.05) is 6.54 Å². The lowest BCUT2D eigenvalue weighted by Crippen LogP contribution is -2.24. The van der Waals surface area contributed by atoms with Gasteiger partial charge in [0.2, 0.25) is 5.91 Å². The van der Waals surface area contributed by atoms with Crippen LogP contribution in [-0.2, 0) is 9.59 Å². The van der Waals surface area contributed by atoms with E-state index in [2.05, 4.69) is 5.32 Å². The van der Waals surface area contributed by atoms with Crippen molar-refractivity contribution in [1.82, 2.24) is 5.32 Å². The average molecular weight is 219 g/mol. The molecule has 3 heteroatoms. The van der Waals surface area contributed by atoms with Gasteiger partial charge in [0.1, 0.15) is 5.78 Å². The fourth-order valence-corrected chi connectivity index (χ4v) is 0.693. The Labute approximate surface area is 96.1 Å². The maximum atomic E-state index is 10.8. The van der Waals surface area contributed by atoms with Gasteiger partial charge in [-0.05, 0) is 13.3 Å². The minimum atomic E-state index is 0. The van der Waals surface area contributed by atoms with Gasteiger partial charge in [-0.3, -0.25) is 9.59 Å². The second-order valence-electron chi connectivity index (χ2n) is 2.55. The van der Waals surface area contributed by atoms with Crippen molar-refractivity contribution >= 4 is 11.7 Å². The smallest absolute Gasteiger partial charge is 0.219 e. The van der Waals surface area contributed by atoms with Crippen LogP contribution in [0.5, 0.6) is 0 Å². The minimum absolute atomic E-state index is 0. The summed E-state index contributed by atoms with van der Waals surface area (Å²) in [5, 5.41) is 2.66. The molecule has 0 rings (SSSR count). The van der Waals surface area contributed by atoms with Crippen molar-refractivity contribution in [3.63, 3.8) is 0 Å². The van der Waals surface area contributed by atoms with Crippen LogP contribution in [0.25, 0.3) is 0 Å². The molecule has 0 aromatic carbocycles. The minimum Gasteiger partial charge on any atom is -0.356 e. The van der Waals surface area contributed by atoms with Gasteiger partial charge in [0.15, 0.2) is 0 Å². The monoisotopic (exact) mass is 219 g/mol. The second kappa shape index (κ2) is 18.8. The van der Waals surface area contributed by atoms with E-state index in [1.807, 2.05) is 34.6 Å². The SMILES string of the molecule is CC.CC.CCCC(=O)NCCC(C)=O.[HH]. The Hall–Kier alpha value is -0.860. The third-order valence-corrected chi connectivity index (χ3v) is 1.28. The lowest BCUT2D eigenvalue weighted by atomic mass is 10.3. The van der Waals surface area contributed by atoms with E-state index in [4.69, 9.17) is 0 Å². The van der Waals surface area contributed by atoms with Gasteiger partial charge in [-0.25, -0.2) is 0 Å². The highest BCUT2D eigenvalue weighted by Crippen LogP contribution is 1.86. The van der Waals surface area contributed by atoms with Gasteiger partial charge >= 0.3 is 0 Å². The first-order valence-corrected chi connectivity index (χ1v) is 5.93. The molecule has 0 heterocycles. The number of hydrogen-bond donors (Lipinski definition) is 1. The molecule has 0 bridgehead atoms. The summed E-state index contributed by atoms with van der Waals surface area (Å²) in [6, 6.07) is 0. The van der Waals surface area contributed by atoms with Crippen molar-refractivity contribution in [3.05, 3.63) is 0 Å². The molecule has 0 fully saturated rings. The van der Waals surface area contributed by atoms with Crippen LogP contribution >= 0.6 is 0 Å². The summed E-state index contributed by atoms with van der Waals surface area (Å²) in [5.74, 6) is 0.149. The van der Waals surface area contributed by atoms with E-state index in [0.29, 0.717) is 19.4 Å². The highest BCUT2D eigenvalue weighted by atomic mass is 16.1. The molecule has 0 saturated heterocycles. The number of carbonyl (C=O) groups excluding carboxylic acids is 2. The van der Waals surface area contributed by atoms with Gasteiger partial charge in [-0.2, -0.15) is 0 Å². The van der Waals surface area contributed by atoms with E-state index >= 15 is 0 Å². The standard InChI is InChI=1S/C8H15NO2.2C2H6.H2/c1-3-4-8(11)9-6-5-7(2)10;2*1-2;/h3-6H2,1-2H3,(H,9,11);2*1-2H3;1H. The average Bonchev–Trinajstić information content (AvgIpc) is 2.23. The predicted molar refractivity (Wildman–Crippen MR) is 68.0 cm³/mol. The van der Waals surface area contributed by atoms with Crippen LogP contribution in [0.2, 0.25) is 0 Å². The number of amides is 1. The molecule has 0 aromatic rings. The predicted octanol–water partition coefficient (Wildman–Crippen LogP) is 3.18. The third kappa shape index (κ3) is 24.6. The van der Waals surface area contributed by atoms with E-state index in [9.17, 15) is 9.59 Å². The first-order chi connectivity index (χ1) is 7.16. The summed E-state index contributed by atoms with van der Waals surface area (Å²) in [7, 11) is 0. The topological polar surface area (TPSA) is 46.2 Å². The normalized spacial score (nSPS) is 7.60. The zero-order valence-corrected chi connectivity index (χ0v) is 11.1. The zero-order valence-electron chi connectivity index (χ0n) is 11.1. The Morgan fingerprint density at radius 1 is 1.07 bits per heavy atom. The Balaban J connectivity index is -0.000000129. The van der Waals surface area contributed by atoms with Gasteiger partial charge in [0.25, 0.3) is 0 Å². The van der Waals surface area contributed by atoms with Crippen molar-refractivity contribution in [3.8, 4) is 0 Å². The van der Waals surface area contributed by atoms with Crippen LogP contribution in [0, 0.1) is 0 Å². The second-order valence-corrected chi connectivity index (χ2v) is 2.55. The number of carbonyl (C=O) groups is 2. The van der Waals surface area contributed by atoms with Gasteiger partial charge in [0.05, 0.1) is 0 Å². The number of ketones is 1. The van der Waals surface area contributed by atoms with Crippen LogP contribution in [0.1, 0.15) is 62.2 Å². The van der Waals surface area contributed by atoms with Gasteiger partial charge in [0, 0.05) is 20.8 Å². The molecule has 94 valence electrons. The molecule has 0 unspecified atom stereocenters. The van der Waals surface area contributed by atoms with E-state index in [0.717, 1.165) is 6.42 Å². The fraction of sp³-hybridized carbons (Fsp3) is 0.833. The number of rotatable bonds is 5. The number of hydrogen-bond acceptors (Lipinski definition) is 2. The Morgan fingerprint density at radius 2 is 1.53 bits per heavy atom. The molecular formula is C12H29NO2. The van der Waals surface area contributed by atoms with Crippen molar-refractivity contribution < 1.29 is 11.0 Å². The Morgan fingerprint density at radius 3 is 1.87 bits per heavy atom. The maximum Gasteiger partial charge on any atom is 0.219 e. The van der Waals surface area contributed by atoms with Crippen LogP contribution in [0.15, 0.2) is 0 Å². The fourth-order valence-electron chi connectivity index (χ4n) is 0.693. The Bertz CT molecular complexity index is 150. The van der Waals surface area contributed by atoms with E-state index in [1.165, 1.54) is 6.92 Å². The molecule has 0 saturated carbocycles. The summed E-state index contributed by atoms with van der Waals surface area (Å²) < 4.78 is 0.